The van der Waals surface area contributed by atoms with Gasteiger partial charge in [-0.2, -0.15) is 0 Å². The summed E-state index contributed by atoms with van der Waals surface area (Å²) >= 11 is 1.61. The zero-order valence-electron chi connectivity index (χ0n) is 16.7. The molecule has 0 unspecified atom stereocenters. The topological polar surface area (TPSA) is 84.2 Å². The lowest BCUT2D eigenvalue weighted by atomic mass is 9.87. The van der Waals surface area contributed by atoms with Crippen molar-refractivity contribution in [2.24, 2.45) is 0 Å². The Balaban J connectivity index is 1.24. The van der Waals surface area contributed by atoms with Gasteiger partial charge in [0, 0.05) is 48.7 Å². The summed E-state index contributed by atoms with van der Waals surface area (Å²) in [6.07, 6.45) is 5.14. The van der Waals surface area contributed by atoms with Crippen LogP contribution < -0.4 is 10.6 Å². The van der Waals surface area contributed by atoms with Crippen LogP contribution in [-0.4, -0.2) is 28.9 Å². The number of hydrogen-bond donors (Lipinski definition) is 2. The number of benzene rings is 1. The van der Waals surface area contributed by atoms with Crippen molar-refractivity contribution in [3.05, 3.63) is 64.9 Å². The second-order valence-electron chi connectivity index (χ2n) is 7.68. The zero-order chi connectivity index (χ0) is 20.8. The number of rotatable bonds is 9. The minimum Gasteiger partial charge on any atom is -0.469 e. The predicted molar refractivity (Wildman–Crippen MR) is 116 cm³/mol. The summed E-state index contributed by atoms with van der Waals surface area (Å²) in [5.74, 6) is 0.866. The van der Waals surface area contributed by atoms with E-state index in [2.05, 4.69) is 15.6 Å². The molecule has 7 heteroatoms. The van der Waals surface area contributed by atoms with E-state index in [1.54, 1.807) is 17.6 Å². The molecule has 2 N–H and O–H groups in total. The number of carbonyl (C=O) groups is 2. The fourth-order valence-electron chi connectivity index (χ4n) is 3.85. The molecule has 1 saturated heterocycles. The Morgan fingerprint density at radius 2 is 2.10 bits per heavy atom. The SMILES string of the molecule is O=C(CC[C@@]1(Cc2ccco2)CCC(=O)N1)NCCc1nc(-c2ccccc2)cs1. The van der Waals surface area contributed by atoms with Crippen LogP contribution >= 0.6 is 11.3 Å². The first-order chi connectivity index (χ1) is 14.6. The van der Waals surface area contributed by atoms with E-state index in [4.69, 9.17) is 4.42 Å². The Kier molecular flexibility index (Phi) is 6.28. The van der Waals surface area contributed by atoms with Crippen LogP contribution in [0.5, 0.6) is 0 Å². The normalized spacial score (nSPS) is 18.3. The molecular formula is C23H25N3O3S. The van der Waals surface area contributed by atoms with Crippen LogP contribution in [0.25, 0.3) is 11.3 Å². The number of hydrogen-bond acceptors (Lipinski definition) is 5. The third kappa shape index (κ3) is 5.16. The van der Waals surface area contributed by atoms with Gasteiger partial charge in [-0.1, -0.05) is 30.3 Å². The Labute approximate surface area is 179 Å². The smallest absolute Gasteiger partial charge is 0.220 e. The molecule has 0 radical (unpaired) electrons. The van der Waals surface area contributed by atoms with Crippen molar-refractivity contribution in [2.45, 2.75) is 44.1 Å². The summed E-state index contributed by atoms with van der Waals surface area (Å²) in [5, 5.41) is 9.11. The van der Waals surface area contributed by atoms with Crippen molar-refractivity contribution in [1.82, 2.24) is 15.6 Å². The first-order valence-electron chi connectivity index (χ1n) is 10.2. The van der Waals surface area contributed by atoms with E-state index in [-0.39, 0.29) is 11.8 Å². The lowest BCUT2D eigenvalue weighted by molar-refractivity contribution is -0.122. The fourth-order valence-corrected chi connectivity index (χ4v) is 4.65. The van der Waals surface area contributed by atoms with E-state index < -0.39 is 5.54 Å². The van der Waals surface area contributed by atoms with Crippen molar-refractivity contribution < 1.29 is 14.0 Å². The number of aromatic nitrogens is 1. The monoisotopic (exact) mass is 423 g/mol. The van der Waals surface area contributed by atoms with Gasteiger partial charge in [-0.15, -0.1) is 11.3 Å². The van der Waals surface area contributed by atoms with Crippen LogP contribution in [0.2, 0.25) is 0 Å². The molecule has 0 bridgehead atoms. The van der Waals surface area contributed by atoms with Crippen LogP contribution in [0.3, 0.4) is 0 Å². The third-order valence-electron chi connectivity index (χ3n) is 5.44. The molecule has 1 fully saturated rings. The zero-order valence-corrected chi connectivity index (χ0v) is 17.5. The van der Waals surface area contributed by atoms with Gasteiger partial charge in [-0.25, -0.2) is 4.98 Å². The second-order valence-corrected chi connectivity index (χ2v) is 8.62. The average molecular weight is 424 g/mol. The summed E-state index contributed by atoms with van der Waals surface area (Å²) in [6.45, 7) is 0.554. The number of nitrogens with one attached hydrogen (secondary N) is 2. The Morgan fingerprint density at radius 3 is 2.83 bits per heavy atom. The van der Waals surface area contributed by atoms with Gasteiger partial charge in [0.2, 0.25) is 11.8 Å². The van der Waals surface area contributed by atoms with Crippen LogP contribution in [0, 0.1) is 0 Å². The Hall–Kier alpha value is -2.93. The molecule has 1 aliphatic rings. The molecular weight excluding hydrogens is 398 g/mol. The van der Waals surface area contributed by atoms with Crippen LogP contribution in [0.4, 0.5) is 0 Å². The molecule has 1 atom stereocenters. The fraction of sp³-hybridized carbons (Fsp3) is 0.348. The maximum atomic E-state index is 12.4. The van der Waals surface area contributed by atoms with Gasteiger partial charge in [0.15, 0.2) is 0 Å². The Morgan fingerprint density at radius 1 is 1.23 bits per heavy atom. The lowest BCUT2D eigenvalue weighted by Gasteiger charge is -2.28. The van der Waals surface area contributed by atoms with Crippen molar-refractivity contribution in [3.8, 4) is 11.3 Å². The molecule has 3 aromatic rings. The van der Waals surface area contributed by atoms with Gasteiger partial charge >= 0.3 is 0 Å². The van der Waals surface area contributed by atoms with Crippen molar-refractivity contribution >= 4 is 23.2 Å². The van der Waals surface area contributed by atoms with E-state index >= 15 is 0 Å². The number of carbonyl (C=O) groups excluding carboxylic acids is 2. The highest BCUT2D eigenvalue weighted by Gasteiger charge is 2.38. The van der Waals surface area contributed by atoms with E-state index in [0.29, 0.717) is 38.6 Å². The van der Waals surface area contributed by atoms with E-state index in [1.807, 2.05) is 47.8 Å². The van der Waals surface area contributed by atoms with Gasteiger partial charge in [-0.3, -0.25) is 9.59 Å². The molecule has 0 saturated carbocycles. The quantitative estimate of drug-likeness (QED) is 0.549. The molecule has 1 aromatic carbocycles. The van der Waals surface area contributed by atoms with Crippen LogP contribution in [0.1, 0.15) is 36.5 Å². The molecule has 1 aliphatic heterocycles. The summed E-state index contributed by atoms with van der Waals surface area (Å²) in [5.41, 5.74) is 1.68. The molecule has 0 aliphatic carbocycles. The summed E-state index contributed by atoms with van der Waals surface area (Å²) in [7, 11) is 0. The minimum atomic E-state index is -0.397. The number of nitrogens with zero attached hydrogens (tertiary/aromatic N) is 1. The lowest BCUT2D eigenvalue weighted by Crippen LogP contribution is -2.44. The van der Waals surface area contributed by atoms with E-state index in [9.17, 15) is 9.59 Å². The first kappa shape index (κ1) is 20.3. The van der Waals surface area contributed by atoms with Crippen LogP contribution in [-0.2, 0) is 22.4 Å². The third-order valence-corrected chi connectivity index (χ3v) is 6.35. The highest BCUT2D eigenvalue weighted by molar-refractivity contribution is 7.09. The summed E-state index contributed by atoms with van der Waals surface area (Å²) in [4.78, 5) is 28.9. The van der Waals surface area contributed by atoms with Crippen LogP contribution in [0.15, 0.2) is 58.5 Å². The molecule has 2 amide bonds. The number of amides is 2. The maximum Gasteiger partial charge on any atom is 0.220 e. The predicted octanol–water partition coefficient (Wildman–Crippen LogP) is 3.73. The van der Waals surface area contributed by atoms with Crippen molar-refractivity contribution in [1.29, 1.82) is 0 Å². The largest absolute Gasteiger partial charge is 0.469 e. The molecule has 3 heterocycles. The van der Waals surface area contributed by atoms with Gasteiger partial charge in [-0.05, 0) is 25.0 Å². The summed E-state index contributed by atoms with van der Waals surface area (Å²) in [6, 6.07) is 13.8. The highest BCUT2D eigenvalue weighted by Crippen LogP contribution is 2.29. The Bertz CT molecular complexity index is 984. The highest BCUT2D eigenvalue weighted by atomic mass is 32.1. The standard InChI is InChI=1S/C23H25N3O3S/c27-20(8-11-23(12-9-21(28)26-23)15-18-7-4-14-29-18)24-13-10-22-25-19(16-30-22)17-5-2-1-3-6-17/h1-7,14,16H,8-13,15H2,(H,24,27)(H,26,28)/t23-/m0/s1. The molecule has 4 rings (SSSR count). The average Bonchev–Trinajstić information content (AvgIpc) is 3.50. The van der Waals surface area contributed by atoms with E-state index in [0.717, 1.165) is 28.4 Å². The summed E-state index contributed by atoms with van der Waals surface area (Å²) < 4.78 is 5.45. The van der Waals surface area contributed by atoms with Gasteiger partial charge in [0.1, 0.15) is 5.76 Å². The maximum absolute atomic E-state index is 12.4. The second kappa shape index (κ2) is 9.26. The van der Waals surface area contributed by atoms with Gasteiger partial charge in [0.05, 0.1) is 17.0 Å². The molecule has 156 valence electrons. The van der Waals surface area contributed by atoms with Gasteiger partial charge in [0.25, 0.3) is 0 Å². The van der Waals surface area contributed by atoms with E-state index in [1.165, 1.54) is 0 Å². The molecule has 0 spiro atoms. The van der Waals surface area contributed by atoms with Crippen molar-refractivity contribution in [3.63, 3.8) is 0 Å². The van der Waals surface area contributed by atoms with Crippen molar-refractivity contribution in [2.75, 3.05) is 6.54 Å². The molecule has 6 nitrogen and oxygen atoms in total. The van der Waals surface area contributed by atoms with Gasteiger partial charge < -0.3 is 15.1 Å². The first-order valence-corrected chi connectivity index (χ1v) is 11.1. The number of thiazole rings is 1. The molecule has 30 heavy (non-hydrogen) atoms. The number of furan rings is 1. The molecule has 2 aromatic heterocycles. The minimum absolute atomic E-state index is 0.00481.